The molecule has 1 amide bonds. The van der Waals surface area contributed by atoms with Crippen LogP contribution < -0.4 is 5.43 Å². The first kappa shape index (κ1) is 21.9. The summed E-state index contributed by atoms with van der Waals surface area (Å²) in [7, 11) is 0. The number of phenolic OH excluding ortho intramolecular Hbond substituents is 1. The first-order chi connectivity index (χ1) is 17.2. The molecule has 1 heterocycles. The standard InChI is InChI=1S/C30H23N3O2/c34-28-19-11-10-18-26(28)30(35)32-31-21-24-20-27(22-12-4-1-5-13-22)33(25-16-8-3-9-17-25)29(24)23-14-6-2-7-15-23/h1-21,34H,(H,32,35)/b31-21+. The number of hydrogen-bond acceptors (Lipinski definition) is 3. The van der Waals surface area contributed by atoms with E-state index in [1.165, 1.54) is 6.07 Å². The second-order valence-corrected chi connectivity index (χ2v) is 7.95. The fourth-order valence-corrected chi connectivity index (χ4v) is 4.07. The Kier molecular flexibility index (Phi) is 6.22. The number of rotatable bonds is 6. The summed E-state index contributed by atoms with van der Waals surface area (Å²) in [5.41, 5.74) is 8.60. The second kappa shape index (κ2) is 9.93. The number of para-hydroxylation sites is 2. The van der Waals surface area contributed by atoms with Crippen molar-refractivity contribution in [3.05, 3.63) is 132 Å². The van der Waals surface area contributed by atoms with E-state index in [-0.39, 0.29) is 11.3 Å². The summed E-state index contributed by atoms with van der Waals surface area (Å²) in [4.78, 5) is 12.5. The molecule has 35 heavy (non-hydrogen) atoms. The fraction of sp³-hybridized carbons (Fsp3) is 0. The van der Waals surface area contributed by atoms with Gasteiger partial charge < -0.3 is 9.67 Å². The fourth-order valence-electron chi connectivity index (χ4n) is 4.07. The largest absolute Gasteiger partial charge is 0.507 e. The van der Waals surface area contributed by atoms with E-state index in [0.29, 0.717) is 0 Å². The smallest absolute Gasteiger partial charge is 0.275 e. The highest BCUT2D eigenvalue weighted by molar-refractivity contribution is 5.98. The topological polar surface area (TPSA) is 66.6 Å². The Morgan fingerprint density at radius 2 is 1.31 bits per heavy atom. The van der Waals surface area contributed by atoms with Gasteiger partial charge in [-0.05, 0) is 41.5 Å². The molecule has 5 rings (SSSR count). The van der Waals surface area contributed by atoms with Gasteiger partial charge >= 0.3 is 0 Å². The van der Waals surface area contributed by atoms with Gasteiger partial charge in [-0.25, -0.2) is 5.43 Å². The SMILES string of the molecule is O=C(N/N=C/c1cc(-c2ccccc2)n(-c2ccccc2)c1-c1ccccc1)c1ccccc1O. The molecule has 0 fully saturated rings. The Labute approximate surface area is 203 Å². The molecule has 0 spiro atoms. The molecule has 4 aromatic carbocycles. The van der Waals surface area contributed by atoms with Gasteiger partial charge in [0.15, 0.2) is 0 Å². The van der Waals surface area contributed by atoms with Gasteiger partial charge in [-0.15, -0.1) is 0 Å². The molecule has 0 atom stereocenters. The Hall–Kier alpha value is -4.90. The quantitative estimate of drug-likeness (QED) is 0.233. The van der Waals surface area contributed by atoms with Crippen LogP contribution in [0.5, 0.6) is 5.75 Å². The van der Waals surface area contributed by atoms with Crippen LogP contribution in [-0.2, 0) is 0 Å². The number of carbonyl (C=O) groups excluding carboxylic acids is 1. The van der Waals surface area contributed by atoms with E-state index in [0.717, 1.165) is 33.8 Å². The number of phenols is 1. The summed E-state index contributed by atoms with van der Waals surface area (Å²) in [5.74, 6) is -0.571. The predicted molar refractivity (Wildman–Crippen MR) is 140 cm³/mol. The number of benzene rings is 4. The third-order valence-electron chi connectivity index (χ3n) is 5.68. The average Bonchev–Trinajstić information content (AvgIpc) is 3.30. The van der Waals surface area contributed by atoms with Gasteiger partial charge in [0.2, 0.25) is 0 Å². The summed E-state index contributed by atoms with van der Waals surface area (Å²) >= 11 is 0. The van der Waals surface area contributed by atoms with Crippen molar-refractivity contribution < 1.29 is 9.90 Å². The molecule has 0 saturated heterocycles. The molecule has 0 radical (unpaired) electrons. The molecule has 2 N–H and O–H groups in total. The van der Waals surface area contributed by atoms with Crippen molar-refractivity contribution in [2.75, 3.05) is 0 Å². The van der Waals surface area contributed by atoms with Gasteiger partial charge in [0, 0.05) is 11.3 Å². The van der Waals surface area contributed by atoms with E-state index in [1.807, 2.05) is 54.6 Å². The Morgan fingerprint density at radius 1 is 0.743 bits per heavy atom. The highest BCUT2D eigenvalue weighted by Crippen LogP contribution is 2.35. The number of carbonyl (C=O) groups is 1. The zero-order valence-corrected chi connectivity index (χ0v) is 18.9. The van der Waals surface area contributed by atoms with Crippen LogP contribution in [0.1, 0.15) is 15.9 Å². The van der Waals surface area contributed by atoms with E-state index >= 15 is 0 Å². The summed E-state index contributed by atoms with van der Waals surface area (Å²) in [5, 5.41) is 14.2. The minimum atomic E-state index is -0.480. The first-order valence-electron chi connectivity index (χ1n) is 11.3. The van der Waals surface area contributed by atoms with Crippen LogP contribution in [0.25, 0.3) is 28.2 Å². The molecule has 5 aromatic rings. The van der Waals surface area contributed by atoms with Crippen LogP contribution in [-0.4, -0.2) is 21.8 Å². The van der Waals surface area contributed by atoms with Gasteiger partial charge in [0.25, 0.3) is 5.91 Å². The van der Waals surface area contributed by atoms with Crippen LogP contribution >= 0.6 is 0 Å². The predicted octanol–water partition coefficient (Wildman–Crippen LogP) is 6.28. The summed E-state index contributed by atoms with van der Waals surface area (Å²) in [6, 6.07) is 38.9. The highest BCUT2D eigenvalue weighted by atomic mass is 16.3. The molecule has 0 aliphatic heterocycles. The lowest BCUT2D eigenvalue weighted by Gasteiger charge is -2.15. The van der Waals surface area contributed by atoms with Crippen molar-refractivity contribution in [2.24, 2.45) is 5.10 Å². The summed E-state index contributed by atoms with van der Waals surface area (Å²) in [6.45, 7) is 0. The number of aromatic hydroxyl groups is 1. The van der Waals surface area contributed by atoms with Crippen LogP contribution in [0.3, 0.4) is 0 Å². The van der Waals surface area contributed by atoms with Gasteiger partial charge in [-0.3, -0.25) is 4.79 Å². The molecule has 0 unspecified atom stereocenters. The second-order valence-electron chi connectivity index (χ2n) is 7.95. The van der Waals surface area contributed by atoms with Crippen LogP contribution in [0.15, 0.2) is 126 Å². The molecular weight excluding hydrogens is 434 g/mol. The van der Waals surface area contributed by atoms with Crippen molar-refractivity contribution in [3.63, 3.8) is 0 Å². The molecule has 1 aromatic heterocycles. The molecule has 0 saturated carbocycles. The van der Waals surface area contributed by atoms with Crippen LogP contribution in [0.2, 0.25) is 0 Å². The molecule has 0 aliphatic carbocycles. The molecular formula is C30H23N3O2. The van der Waals surface area contributed by atoms with Crippen molar-refractivity contribution in [1.29, 1.82) is 0 Å². The minimum Gasteiger partial charge on any atom is -0.507 e. The maximum Gasteiger partial charge on any atom is 0.275 e. The van der Waals surface area contributed by atoms with Crippen molar-refractivity contribution in [3.8, 4) is 34.0 Å². The van der Waals surface area contributed by atoms with Gasteiger partial charge in [-0.1, -0.05) is 91.0 Å². The Bertz CT molecular complexity index is 1470. The summed E-state index contributed by atoms with van der Waals surface area (Å²) < 4.78 is 2.21. The van der Waals surface area contributed by atoms with E-state index in [2.05, 4.69) is 57.6 Å². The Balaban J connectivity index is 1.63. The number of amides is 1. The van der Waals surface area contributed by atoms with Gasteiger partial charge in [0.05, 0.1) is 23.2 Å². The normalized spacial score (nSPS) is 11.0. The van der Waals surface area contributed by atoms with E-state index in [4.69, 9.17) is 0 Å². The number of hydrazone groups is 1. The highest BCUT2D eigenvalue weighted by Gasteiger charge is 2.18. The average molecular weight is 458 g/mol. The lowest BCUT2D eigenvalue weighted by molar-refractivity contribution is 0.0952. The summed E-state index contributed by atoms with van der Waals surface area (Å²) in [6.07, 6.45) is 1.64. The van der Waals surface area contributed by atoms with Crippen molar-refractivity contribution in [1.82, 2.24) is 9.99 Å². The molecule has 0 bridgehead atoms. The van der Waals surface area contributed by atoms with Crippen LogP contribution in [0, 0.1) is 0 Å². The van der Waals surface area contributed by atoms with Crippen LogP contribution in [0.4, 0.5) is 0 Å². The molecule has 5 nitrogen and oxygen atoms in total. The molecule has 5 heteroatoms. The van der Waals surface area contributed by atoms with Crippen molar-refractivity contribution in [2.45, 2.75) is 0 Å². The molecule has 170 valence electrons. The lowest BCUT2D eigenvalue weighted by Crippen LogP contribution is -2.17. The van der Waals surface area contributed by atoms with E-state index < -0.39 is 5.91 Å². The van der Waals surface area contributed by atoms with E-state index in [9.17, 15) is 9.90 Å². The zero-order valence-electron chi connectivity index (χ0n) is 18.9. The lowest BCUT2D eigenvalue weighted by atomic mass is 10.1. The number of nitrogens with zero attached hydrogens (tertiary/aromatic N) is 2. The van der Waals surface area contributed by atoms with Gasteiger partial charge in [-0.2, -0.15) is 5.10 Å². The zero-order chi connectivity index (χ0) is 24.0. The maximum absolute atomic E-state index is 12.5. The third-order valence-corrected chi connectivity index (χ3v) is 5.68. The van der Waals surface area contributed by atoms with E-state index in [1.54, 1.807) is 24.4 Å². The minimum absolute atomic E-state index is 0.0910. The first-order valence-corrected chi connectivity index (χ1v) is 11.3. The third kappa shape index (κ3) is 4.61. The van der Waals surface area contributed by atoms with Gasteiger partial charge in [0.1, 0.15) is 5.75 Å². The number of nitrogens with one attached hydrogen (secondary N) is 1. The number of hydrogen-bond donors (Lipinski definition) is 2. The maximum atomic E-state index is 12.5. The molecule has 0 aliphatic rings. The Morgan fingerprint density at radius 3 is 1.97 bits per heavy atom. The van der Waals surface area contributed by atoms with Crippen molar-refractivity contribution >= 4 is 12.1 Å². The number of aromatic nitrogens is 1. The monoisotopic (exact) mass is 457 g/mol.